The van der Waals surface area contributed by atoms with Crippen molar-refractivity contribution in [2.45, 2.75) is 6.92 Å². The Balaban J connectivity index is 1.52. The van der Waals surface area contributed by atoms with Crippen LogP contribution in [0.15, 0.2) is 42.5 Å². The summed E-state index contributed by atoms with van der Waals surface area (Å²) in [5, 5.41) is 2.87. The fraction of sp³-hybridized carbons (Fsp3) is 0.286. The smallest absolute Gasteiger partial charge is 0.255 e. The zero-order valence-electron chi connectivity index (χ0n) is 15.9. The average molecular weight is 378 g/mol. The Morgan fingerprint density at radius 3 is 2.64 bits per heavy atom. The van der Waals surface area contributed by atoms with E-state index in [1.54, 1.807) is 41.3 Å². The number of morpholine rings is 1. The van der Waals surface area contributed by atoms with Gasteiger partial charge in [0.2, 0.25) is 0 Å². The Morgan fingerprint density at radius 1 is 1.07 bits per heavy atom. The van der Waals surface area contributed by atoms with Gasteiger partial charge in [0.15, 0.2) is 0 Å². The topological polar surface area (TPSA) is 76.5 Å². The number of aromatic nitrogens is 2. The molecule has 0 saturated carbocycles. The average Bonchev–Trinajstić information content (AvgIpc) is 3.01. The molecule has 0 spiro atoms. The molecule has 28 heavy (non-hydrogen) atoms. The molecular weight excluding hydrogens is 356 g/mol. The number of nitrogens with zero attached hydrogens (tertiary/aromatic N) is 3. The van der Waals surface area contributed by atoms with E-state index in [1.807, 2.05) is 24.6 Å². The maximum atomic E-state index is 12.7. The highest BCUT2D eigenvalue weighted by Gasteiger charge is 2.19. The van der Waals surface area contributed by atoms with Crippen LogP contribution in [-0.2, 0) is 11.8 Å². The molecule has 4 rings (SSSR count). The minimum Gasteiger partial charge on any atom is -0.378 e. The third-order valence-electron chi connectivity index (χ3n) is 5.03. The first-order chi connectivity index (χ1) is 13.5. The standard InChI is InChI=1S/C21H22N4O3/c1-14-22-18-13-15(6-7-19(18)24(14)2)20(26)23-17-5-3-4-16(12-17)21(27)25-8-10-28-11-9-25/h3-7,12-13H,8-11H2,1-2H3,(H,23,26). The Hall–Kier alpha value is -3.19. The molecule has 7 heteroatoms. The van der Waals surface area contributed by atoms with E-state index in [0.29, 0.717) is 43.1 Å². The quantitative estimate of drug-likeness (QED) is 0.760. The Kier molecular flexibility index (Phi) is 4.83. The third kappa shape index (κ3) is 3.48. The molecule has 1 saturated heterocycles. The van der Waals surface area contributed by atoms with Gasteiger partial charge in [0.1, 0.15) is 5.82 Å². The van der Waals surface area contributed by atoms with Crippen LogP contribution >= 0.6 is 0 Å². The minimum atomic E-state index is -0.235. The van der Waals surface area contributed by atoms with E-state index in [-0.39, 0.29) is 11.8 Å². The highest BCUT2D eigenvalue weighted by atomic mass is 16.5. The lowest BCUT2D eigenvalue weighted by molar-refractivity contribution is 0.0303. The molecule has 2 heterocycles. The van der Waals surface area contributed by atoms with E-state index >= 15 is 0 Å². The molecule has 1 fully saturated rings. The van der Waals surface area contributed by atoms with Crippen molar-refractivity contribution in [2.75, 3.05) is 31.6 Å². The summed E-state index contributed by atoms with van der Waals surface area (Å²) in [5.74, 6) is 0.604. The molecule has 1 aliphatic heterocycles. The number of hydrogen-bond donors (Lipinski definition) is 1. The van der Waals surface area contributed by atoms with Crippen LogP contribution in [0.5, 0.6) is 0 Å². The van der Waals surface area contributed by atoms with Gasteiger partial charge in [0.05, 0.1) is 24.2 Å². The third-order valence-corrected chi connectivity index (χ3v) is 5.03. The molecule has 0 radical (unpaired) electrons. The molecule has 1 aromatic heterocycles. The van der Waals surface area contributed by atoms with Crippen molar-refractivity contribution in [3.05, 3.63) is 59.4 Å². The summed E-state index contributed by atoms with van der Waals surface area (Å²) in [6.07, 6.45) is 0. The van der Waals surface area contributed by atoms with Crippen LogP contribution in [0.4, 0.5) is 5.69 Å². The summed E-state index contributed by atoms with van der Waals surface area (Å²) in [7, 11) is 1.95. The predicted molar refractivity (Wildman–Crippen MR) is 107 cm³/mol. The Labute approximate surface area is 162 Å². The number of aryl methyl sites for hydroxylation is 2. The van der Waals surface area contributed by atoms with Gasteiger partial charge in [0.25, 0.3) is 11.8 Å². The van der Waals surface area contributed by atoms with Crippen molar-refractivity contribution in [1.29, 1.82) is 0 Å². The first-order valence-corrected chi connectivity index (χ1v) is 9.24. The molecule has 2 amide bonds. The summed E-state index contributed by atoms with van der Waals surface area (Å²) >= 11 is 0. The van der Waals surface area contributed by atoms with E-state index in [2.05, 4.69) is 10.3 Å². The Bertz CT molecular complexity index is 1050. The molecule has 1 N–H and O–H groups in total. The molecule has 1 aliphatic rings. The molecule has 0 unspecified atom stereocenters. The zero-order valence-corrected chi connectivity index (χ0v) is 15.9. The zero-order chi connectivity index (χ0) is 19.7. The van der Waals surface area contributed by atoms with Crippen molar-refractivity contribution in [2.24, 2.45) is 7.05 Å². The first-order valence-electron chi connectivity index (χ1n) is 9.24. The van der Waals surface area contributed by atoms with E-state index in [0.717, 1.165) is 16.9 Å². The highest BCUT2D eigenvalue weighted by molar-refractivity contribution is 6.06. The van der Waals surface area contributed by atoms with Gasteiger partial charge in [0, 0.05) is 37.0 Å². The van der Waals surface area contributed by atoms with Crippen LogP contribution in [0, 0.1) is 6.92 Å². The lowest BCUT2D eigenvalue weighted by atomic mass is 10.1. The van der Waals surface area contributed by atoms with Gasteiger partial charge in [-0.1, -0.05) is 6.07 Å². The number of amides is 2. The van der Waals surface area contributed by atoms with E-state index < -0.39 is 0 Å². The number of anilines is 1. The number of ether oxygens (including phenoxy) is 1. The number of carbonyl (C=O) groups is 2. The molecule has 7 nitrogen and oxygen atoms in total. The SMILES string of the molecule is Cc1nc2cc(C(=O)Nc3cccc(C(=O)N4CCOCC4)c3)ccc2n1C. The normalized spacial score (nSPS) is 14.3. The number of benzene rings is 2. The van der Waals surface area contributed by atoms with Gasteiger partial charge in [-0.2, -0.15) is 0 Å². The number of hydrogen-bond acceptors (Lipinski definition) is 4. The summed E-state index contributed by atoms with van der Waals surface area (Å²) in [6, 6.07) is 12.5. The summed E-state index contributed by atoms with van der Waals surface area (Å²) < 4.78 is 7.28. The van der Waals surface area contributed by atoms with Gasteiger partial charge < -0.3 is 19.5 Å². The fourth-order valence-corrected chi connectivity index (χ4v) is 3.34. The van der Waals surface area contributed by atoms with E-state index in [1.165, 1.54) is 0 Å². The fourth-order valence-electron chi connectivity index (χ4n) is 3.34. The Morgan fingerprint density at radius 2 is 1.86 bits per heavy atom. The van der Waals surface area contributed by atoms with Gasteiger partial charge in [-0.3, -0.25) is 9.59 Å². The van der Waals surface area contributed by atoms with Crippen LogP contribution in [-0.4, -0.2) is 52.6 Å². The lowest BCUT2D eigenvalue weighted by Gasteiger charge is -2.27. The van der Waals surface area contributed by atoms with Crippen molar-refractivity contribution >= 4 is 28.5 Å². The number of nitrogens with one attached hydrogen (secondary N) is 1. The van der Waals surface area contributed by atoms with Gasteiger partial charge in [-0.05, 0) is 43.3 Å². The van der Waals surface area contributed by atoms with Crippen LogP contribution in [0.3, 0.4) is 0 Å². The maximum Gasteiger partial charge on any atom is 0.255 e. The maximum absolute atomic E-state index is 12.7. The van der Waals surface area contributed by atoms with E-state index in [4.69, 9.17) is 4.74 Å². The highest BCUT2D eigenvalue weighted by Crippen LogP contribution is 2.19. The van der Waals surface area contributed by atoms with Crippen LogP contribution in [0.2, 0.25) is 0 Å². The summed E-state index contributed by atoms with van der Waals surface area (Å²) in [4.78, 5) is 31.6. The largest absolute Gasteiger partial charge is 0.378 e. The number of rotatable bonds is 3. The number of imidazole rings is 1. The van der Waals surface area contributed by atoms with Crippen molar-refractivity contribution in [3.8, 4) is 0 Å². The van der Waals surface area contributed by atoms with Gasteiger partial charge in [-0.25, -0.2) is 4.98 Å². The van der Waals surface area contributed by atoms with Crippen molar-refractivity contribution < 1.29 is 14.3 Å². The monoisotopic (exact) mass is 378 g/mol. The van der Waals surface area contributed by atoms with Crippen LogP contribution in [0.25, 0.3) is 11.0 Å². The number of carbonyl (C=O) groups excluding carboxylic acids is 2. The lowest BCUT2D eigenvalue weighted by Crippen LogP contribution is -2.40. The minimum absolute atomic E-state index is 0.0511. The first kappa shape index (κ1) is 18.2. The molecule has 0 aliphatic carbocycles. The molecule has 144 valence electrons. The number of fused-ring (bicyclic) bond motifs is 1. The second-order valence-corrected chi connectivity index (χ2v) is 6.86. The predicted octanol–water partition coefficient (Wildman–Crippen LogP) is 2.61. The van der Waals surface area contributed by atoms with Crippen molar-refractivity contribution in [3.63, 3.8) is 0 Å². The van der Waals surface area contributed by atoms with Gasteiger partial charge in [-0.15, -0.1) is 0 Å². The van der Waals surface area contributed by atoms with Crippen LogP contribution < -0.4 is 5.32 Å². The summed E-state index contributed by atoms with van der Waals surface area (Å²) in [5.41, 5.74) is 3.42. The second-order valence-electron chi connectivity index (χ2n) is 6.86. The molecule has 2 aromatic carbocycles. The molecule has 3 aromatic rings. The van der Waals surface area contributed by atoms with Gasteiger partial charge >= 0.3 is 0 Å². The molecule has 0 atom stereocenters. The molecule has 0 bridgehead atoms. The van der Waals surface area contributed by atoms with Crippen LogP contribution in [0.1, 0.15) is 26.5 Å². The molecular formula is C21H22N4O3. The second kappa shape index (κ2) is 7.44. The van der Waals surface area contributed by atoms with Crippen molar-refractivity contribution in [1.82, 2.24) is 14.5 Å². The summed E-state index contributed by atoms with van der Waals surface area (Å²) in [6.45, 7) is 4.20. The van der Waals surface area contributed by atoms with E-state index in [9.17, 15) is 9.59 Å².